The van der Waals surface area contributed by atoms with Crippen molar-refractivity contribution < 1.29 is 0 Å². The smallest absolute Gasteiger partial charge is 0.239 e. The molecule has 2 spiro atoms. The van der Waals surface area contributed by atoms with E-state index in [1.54, 1.807) is 0 Å². The monoisotopic (exact) mass is 716 g/mol. The lowest BCUT2D eigenvalue weighted by Crippen LogP contribution is -2.49. The molecule has 4 atom stereocenters. The molecule has 0 radical (unpaired) electrons. The zero-order valence-electron chi connectivity index (χ0n) is 31.4. The van der Waals surface area contributed by atoms with Crippen molar-refractivity contribution in [1.29, 1.82) is 0 Å². The molecular formula is C48H49ClN4. The van der Waals surface area contributed by atoms with Crippen molar-refractivity contribution in [3.63, 3.8) is 0 Å². The van der Waals surface area contributed by atoms with E-state index < -0.39 is 0 Å². The highest BCUT2D eigenvalue weighted by Gasteiger charge is 2.55. The highest BCUT2D eigenvalue weighted by atomic mass is 35.5. The predicted octanol–water partition coefficient (Wildman–Crippen LogP) is 12.4. The Balaban J connectivity index is 1.26. The lowest BCUT2D eigenvalue weighted by molar-refractivity contribution is 0.177. The number of halogens is 1. The number of para-hydroxylation sites is 2. The summed E-state index contributed by atoms with van der Waals surface area (Å²) in [6, 6.07) is 35.9. The third-order valence-corrected chi connectivity index (χ3v) is 13.9. The molecule has 4 nitrogen and oxygen atoms in total. The molecule has 3 aliphatic carbocycles. The van der Waals surface area contributed by atoms with E-state index in [1.807, 2.05) is 0 Å². The first-order valence-electron chi connectivity index (χ1n) is 19.7. The minimum atomic E-state index is -0.197. The van der Waals surface area contributed by atoms with Gasteiger partial charge in [-0.1, -0.05) is 150 Å². The van der Waals surface area contributed by atoms with E-state index >= 15 is 0 Å². The third-order valence-electron chi connectivity index (χ3n) is 13.8. The van der Waals surface area contributed by atoms with Crippen LogP contribution in [0, 0.1) is 23.7 Å². The fourth-order valence-electron chi connectivity index (χ4n) is 12.0. The molecule has 5 heteroatoms. The molecule has 4 aliphatic rings. The van der Waals surface area contributed by atoms with E-state index in [0.717, 1.165) is 49.9 Å². The molecule has 2 fully saturated rings. The maximum atomic E-state index is 7.04. The zero-order chi connectivity index (χ0) is 36.6. The van der Waals surface area contributed by atoms with Gasteiger partial charge in [0.05, 0.1) is 17.3 Å². The molecule has 1 aromatic heterocycles. The lowest BCUT2D eigenvalue weighted by atomic mass is 9.49. The Morgan fingerprint density at radius 3 is 1.53 bits per heavy atom. The van der Waals surface area contributed by atoms with Gasteiger partial charge in [0.1, 0.15) is 5.82 Å². The summed E-state index contributed by atoms with van der Waals surface area (Å²) in [5.41, 5.74) is 12.6. The molecule has 0 saturated heterocycles. The normalized spacial score (nSPS) is 26.9. The average molecular weight is 717 g/mol. The number of allylic oxidation sites excluding steroid dienone is 2. The van der Waals surface area contributed by atoms with Crippen LogP contribution in [0.5, 0.6) is 0 Å². The summed E-state index contributed by atoms with van der Waals surface area (Å²) in [5, 5.41) is 0.207. The van der Waals surface area contributed by atoms with Crippen molar-refractivity contribution in [3.8, 4) is 0 Å². The van der Waals surface area contributed by atoms with E-state index in [0.29, 0.717) is 35.4 Å². The van der Waals surface area contributed by atoms with Crippen LogP contribution in [0.15, 0.2) is 121 Å². The molecule has 4 aromatic carbocycles. The van der Waals surface area contributed by atoms with E-state index in [1.165, 1.54) is 44.5 Å². The van der Waals surface area contributed by atoms with E-state index in [4.69, 9.17) is 26.6 Å². The summed E-state index contributed by atoms with van der Waals surface area (Å²) in [6.07, 6.45) is 6.25. The molecule has 4 unspecified atom stereocenters. The van der Waals surface area contributed by atoms with E-state index in [-0.39, 0.29) is 22.0 Å². The molecule has 9 rings (SSSR count). The number of aromatic nitrogens is 3. The predicted molar refractivity (Wildman–Crippen MR) is 218 cm³/mol. The quantitative estimate of drug-likeness (QED) is 0.174. The Morgan fingerprint density at radius 2 is 1.04 bits per heavy atom. The van der Waals surface area contributed by atoms with Crippen LogP contribution in [0.4, 0.5) is 17.3 Å². The van der Waals surface area contributed by atoms with Crippen LogP contribution in [0.2, 0.25) is 5.28 Å². The van der Waals surface area contributed by atoms with Crippen molar-refractivity contribution in [2.75, 3.05) is 4.90 Å². The summed E-state index contributed by atoms with van der Waals surface area (Å²) in [6.45, 7) is 18.5. The topological polar surface area (TPSA) is 41.9 Å². The molecule has 5 aromatic rings. The summed E-state index contributed by atoms with van der Waals surface area (Å²) in [5.74, 6) is 2.69. The van der Waals surface area contributed by atoms with Crippen molar-refractivity contribution in [2.45, 2.75) is 83.0 Å². The molecule has 0 bridgehead atoms. The van der Waals surface area contributed by atoms with Gasteiger partial charge in [0, 0.05) is 10.8 Å². The van der Waals surface area contributed by atoms with Gasteiger partial charge in [-0.15, -0.1) is 0 Å². The van der Waals surface area contributed by atoms with E-state index in [9.17, 15) is 0 Å². The fourth-order valence-corrected chi connectivity index (χ4v) is 12.2. The van der Waals surface area contributed by atoms with Crippen molar-refractivity contribution in [1.82, 2.24) is 15.0 Å². The molecule has 0 amide bonds. The van der Waals surface area contributed by atoms with Crippen molar-refractivity contribution >= 4 is 28.9 Å². The number of rotatable bonds is 4. The number of hydrogen-bond donors (Lipinski definition) is 0. The summed E-state index contributed by atoms with van der Waals surface area (Å²) in [7, 11) is 0. The molecule has 0 N–H and O–H groups in total. The first-order chi connectivity index (χ1) is 25.7. The summed E-state index contributed by atoms with van der Waals surface area (Å²) in [4.78, 5) is 17.7. The van der Waals surface area contributed by atoms with Gasteiger partial charge in [-0.05, 0) is 106 Å². The Hall–Kier alpha value is -4.54. The fraction of sp³-hybridized carbons (Fsp3) is 0.354. The lowest BCUT2D eigenvalue weighted by Gasteiger charge is -2.55. The van der Waals surface area contributed by atoms with Gasteiger partial charge in [-0.3, -0.25) is 4.90 Å². The SMILES string of the molecule is C=C1CC(C)C2(c3ccccc3C(c3nc(Cl)nc(N4c5ccccc5C5(c6ccccc64)C(C)CC(=C)CC5CC)n3)c3ccccc32)C(CC)C1. The Kier molecular flexibility index (Phi) is 8.27. The molecule has 2 saturated carbocycles. The second-order valence-corrected chi connectivity index (χ2v) is 16.6. The molecule has 2 heterocycles. The second kappa shape index (κ2) is 12.8. The summed E-state index contributed by atoms with van der Waals surface area (Å²) >= 11 is 7.04. The Morgan fingerprint density at radius 1 is 0.604 bits per heavy atom. The van der Waals surface area contributed by atoms with Crippen LogP contribution in [0.25, 0.3) is 0 Å². The van der Waals surface area contributed by atoms with Gasteiger partial charge in [-0.2, -0.15) is 9.97 Å². The van der Waals surface area contributed by atoms with E-state index in [2.05, 4.69) is 143 Å². The van der Waals surface area contributed by atoms with Crippen LogP contribution < -0.4 is 4.90 Å². The van der Waals surface area contributed by atoms with Crippen molar-refractivity contribution in [2.24, 2.45) is 23.7 Å². The first-order valence-corrected chi connectivity index (χ1v) is 20.0. The summed E-state index contributed by atoms with van der Waals surface area (Å²) < 4.78 is 0. The molecule has 268 valence electrons. The number of hydrogen-bond acceptors (Lipinski definition) is 4. The van der Waals surface area contributed by atoms with Crippen LogP contribution in [-0.4, -0.2) is 15.0 Å². The van der Waals surface area contributed by atoms with Crippen LogP contribution in [0.1, 0.15) is 111 Å². The molecule has 1 aliphatic heterocycles. The van der Waals surface area contributed by atoms with Gasteiger partial charge in [0.25, 0.3) is 0 Å². The second-order valence-electron chi connectivity index (χ2n) is 16.3. The molecule has 53 heavy (non-hydrogen) atoms. The number of anilines is 3. The average Bonchev–Trinajstić information content (AvgIpc) is 3.16. The number of fused-ring (bicyclic) bond motifs is 8. The minimum absolute atomic E-state index is 0.129. The largest absolute Gasteiger partial charge is 0.278 e. The Labute approximate surface area is 320 Å². The highest BCUT2D eigenvalue weighted by Crippen LogP contribution is 2.63. The maximum Gasteiger partial charge on any atom is 0.239 e. The van der Waals surface area contributed by atoms with Gasteiger partial charge >= 0.3 is 0 Å². The maximum absolute atomic E-state index is 7.04. The number of nitrogens with zero attached hydrogens (tertiary/aromatic N) is 4. The van der Waals surface area contributed by atoms with Gasteiger partial charge in [-0.25, -0.2) is 4.98 Å². The third kappa shape index (κ3) is 4.77. The standard InChI is InChI=1S/C48H49ClN4/c1-7-33-27-29(3)25-31(5)47(33)37-19-11-9-17-35(37)43(36-18-10-12-20-38(36)47)44-50-45(49)52-46(51-44)53-41-23-15-13-21-39(41)48(40-22-14-16-24-42(40)53)32(6)26-30(4)28-34(48)8-2/h9-24,31-34,43H,3-4,7-8,25-28H2,1-2,5-6H3. The van der Waals surface area contributed by atoms with Gasteiger partial charge in [0.15, 0.2) is 0 Å². The minimum Gasteiger partial charge on any atom is -0.278 e. The van der Waals surface area contributed by atoms with Gasteiger partial charge in [0.2, 0.25) is 11.2 Å². The zero-order valence-corrected chi connectivity index (χ0v) is 32.2. The first kappa shape index (κ1) is 34.2. The van der Waals surface area contributed by atoms with Crippen molar-refractivity contribution in [3.05, 3.63) is 166 Å². The Bertz CT molecular complexity index is 2020. The van der Waals surface area contributed by atoms with Gasteiger partial charge < -0.3 is 0 Å². The van der Waals surface area contributed by atoms with Crippen LogP contribution in [-0.2, 0) is 10.8 Å². The number of benzene rings is 4. The van der Waals surface area contributed by atoms with Crippen LogP contribution >= 0.6 is 11.6 Å². The molecular weight excluding hydrogens is 668 g/mol. The highest BCUT2D eigenvalue weighted by molar-refractivity contribution is 6.28. The van der Waals surface area contributed by atoms with Crippen LogP contribution in [0.3, 0.4) is 0 Å².